The van der Waals surface area contributed by atoms with Gasteiger partial charge in [0.2, 0.25) is 0 Å². The van der Waals surface area contributed by atoms with E-state index in [-0.39, 0.29) is 0 Å². The second-order valence-electron chi connectivity index (χ2n) is 4.47. The number of nitrogens with two attached hydrogens (primary N) is 1. The van der Waals surface area contributed by atoms with Crippen LogP contribution in [0, 0.1) is 0 Å². The molecule has 2 aromatic carbocycles. The molecule has 3 nitrogen and oxygen atoms in total. The van der Waals surface area contributed by atoms with Crippen LogP contribution < -0.4 is 11.1 Å². The van der Waals surface area contributed by atoms with Crippen molar-refractivity contribution >= 4 is 5.69 Å². The lowest BCUT2D eigenvalue weighted by Gasteiger charge is -2.07. The highest BCUT2D eigenvalue weighted by molar-refractivity contribution is 5.39. The van der Waals surface area contributed by atoms with E-state index in [0.29, 0.717) is 13.3 Å². The Balaban J connectivity index is 1.56. The van der Waals surface area contributed by atoms with Crippen molar-refractivity contribution in [1.29, 1.82) is 0 Å². The summed E-state index contributed by atoms with van der Waals surface area (Å²) in [5.74, 6) is 0. The Labute approximate surface area is 114 Å². The van der Waals surface area contributed by atoms with E-state index < -0.39 is 0 Å². The standard InChI is InChI=1S/C16H20N2O/c17-16-8-6-14(7-9-16)10-11-18-13-19-12-15-4-2-1-3-5-15/h1-9,18H,10-13,17H2. The molecule has 2 rings (SSSR count). The lowest BCUT2D eigenvalue weighted by Crippen LogP contribution is -2.20. The maximum atomic E-state index is 5.64. The fourth-order valence-electron chi connectivity index (χ4n) is 1.80. The smallest absolute Gasteiger partial charge is 0.0969 e. The molecule has 0 aromatic heterocycles. The Kier molecular flexibility index (Phi) is 5.41. The second-order valence-corrected chi connectivity index (χ2v) is 4.47. The van der Waals surface area contributed by atoms with Gasteiger partial charge in [0.1, 0.15) is 0 Å². The highest BCUT2D eigenvalue weighted by atomic mass is 16.5. The molecule has 19 heavy (non-hydrogen) atoms. The molecule has 0 bridgehead atoms. The monoisotopic (exact) mass is 256 g/mol. The summed E-state index contributed by atoms with van der Waals surface area (Å²) < 4.78 is 5.55. The van der Waals surface area contributed by atoms with Crippen LogP contribution in [0.2, 0.25) is 0 Å². The SMILES string of the molecule is Nc1ccc(CCNCOCc2ccccc2)cc1. The third-order valence-electron chi connectivity index (χ3n) is 2.89. The maximum absolute atomic E-state index is 5.64. The molecule has 0 aliphatic carbocycles. The van der Waals surface area contributed by atoms with Crippen molar-refractivity contribution in [2.24, 2.45) is 0 Å². The van der Waals surface area contributed by atoms with Gasteiger partial charge in [0.05, 0.1) is 13.3 Å². The zero-order valence-corrected chi connectivity index (χ0v) is 11.0. The molecule has 0 spiro atoms. The van der Waals surface area contributed by atoms with Crippen molar-refractivity contribution in [2.75, 3.05) is 19.0 Å². The third kappa shape index (κ3) is 5.12. The molecular weight excluding hydrogens is 236 g/mol. The van der Waals surface area contributed by atoms with Gasteiger partial charge in [0.25, 0.3) is 0 Å². The molecule has 2 aromatic rings. The number of nitrogen functional groups attached to an aromatic ring is 1. The van der Waals surface area contributed by atoms with E-state index in [9.17, 15) is 0 Å². The number of nitrogens with one attached hydrogen (secondary N) is 1. The van der Waals surface area contributed by atoms with Crippen LogP contribution in [0.15, 0.2) is 54.6 Å². The quantitative estimate of drug-likeness (QED) is 0.455. The van der Waals surface area contributed by atoms with Gasteiger partial charge in [-0.15, -0.1) is 0 Å². The molecule has 0 saturated carbocycles. The van der Waals surface area contributed by atoms with Gasteiger partial charge in [-0.3, -0.25) is 5.32 Å². The van der Waals surface area contributed by atoms with Crippen molar-refractivity contribution in [3.8, 4) is 0 Å². The Morgan fingerprint density at radius 2 is 1.63 bits per heavy atom. The van der Waals surface area contributed by atoms with Crippen LogP contribution in [-0.4, -0.2) is 13.3 Å². The molecule has 100 valence electrons. The Hall–Kier alpha value is -1.84. The van der Waals surface area contributed by atoms with Crippen molar-refractivity contribution in [3.63, 3.8) is 0 Å². The molecule has 3 N–H and O–H groups in total. The number of hydrogen-bond donors (Lipinski definition) is 2. The van der Waals surface area contributed by atoms with Crippen molar-refractivity contribution in [3.05, 3.63) is 65.7 Å². The molecule has 3 heteroatoms. The van der Waals surface area contributed by atoms with Gasteiger partial charge in [0, 0.05) is 12.2 Å². The normalized spacial score (nSPS) is 10.5. The minimum atomic E-state index is 0.573. The van der Waals surface area contributed by atoms with Crippen molar-refractivity contribution in [1.82, 2.24) is 5.32 Å². The van der Waals surface area contributed by atoms with Gasteiger partial charge in [-0.2, -0.15) is 0 Å². The summed E-state index contributed by atoms with van der Waals surface area (Å²) in [6.07, 6.45) is 0.981. The number of benzene rings is 2. The summed E-state index contributed by atoms with van der Waals surface area (Å²) in [5.41, 5.74) is 8.93. The van der Waals surface area contributed by atoms with Gasteiger partial charge >= 0.3 is 0 Å². The van der Waals surface area contributed by atoms with Gasteiger partial charge in [-0.05, 0) is 29.7 Å². The topological polar surface area (TPSA) is 47.3 Å². The Bertz CT molecular complexity index is 468. The minimum Gasteiger partial charge on any atom is -0.399 e. The molecule has 0 atom stereocenters. The van der Waals surface area contributed by atoms with E-state index in [1.807, 2.05) is 30.3 Å². The fraction of sp³-hybridized carbons (Fsp3) is 0.250. The molecule has 0 aliphatic heterocycles. The summed E-state index contributed by atoms with van der Waals surface area (Å²) in [6, 6.07) is 18.2. The minimum absolute atomic E-state index is 0.573. The van der Waals surface area contributed by atoms with Crippen LogP contribution in [-0.2, 0) is 17.8 Å². The number of rotatable bonds is 7. The van der Waals surface area contributed by atoms with Crippen LogP contribution in [0.4, 0.5) is 5.69 Å². The van der Waals surface area contributed by atoms with E-state index in [1.165, 1.54) is 11.1 Å². The molecular formula is C16H20N2O. The summed E-state index contributed by atoms with van der Waals surface area (Å²) in [5, 5.41) is 3.27. The Morgan fingerprint density at radius 1 is 0.895 bits per heavy atom. The lowest BCUT2D eigenvalue weighted by molar-refractivity contribution is 0.104. The first kappa shape index (κ1) is 13.6. The fourth-order valence-corrected chi connectivity index (χ4v) is 1.80. The first-order valence-electron chi connectivity index (χ1n) is 6.51. The van der Waals surface area contributed by atoms with E-state index in [4.69, 9.17) is 10.5 Å². The van der Waals surface area contributed by atoms with Crippen LogP contribution in [0.25, 0.3) is 0 Å². The van der Waals surface area contributed by atoms with E-state index in [0.717, 1.165) is 18.7 Å². The van der Waals surface area contributed by atoms with E-state index in [1.54, 1.807) is 0 Å². The van der Waals surface area contributed by atoms with Crippen LogP contribution in [0.1, 0.15) is 11.1 Å². The average molecular weight is 256 g/mol. The largest absolute Gasteiger partial charge is 0.399 e. The number of hydrogen-bond acceptors (Lipinski definition) is 3. The van der Waals surface area contributed by atoms with Crippen LogP contribution in [0.3, 0.4) is 0 Å². The van der Waals surface area contributed by atoms with Crippen LogP contribution in [0.5, 0.6) is 0 Å². The summed E-state index contributed by atoms with van der Waals surface area (Å²) in [4.78, 5) is 0. The maximum Gasteiger partial charge on any atom is 0.0969 e. The summed E-state index contributed by atoms with van der Waals surface area (Å²) >= 11 is 0. The highest BCUT2D eigenvalue weighted by Gasteiger charge is 1.94. The van der Waals surface area contributed by atoms with Gasteiger partial charge in [-0.1, -0.05) is 42.5 Å². The molecule has 0 saturated heterocycles. The van der Waals surface area contributed by atoms with Gasteiger partial charge < -0.3 is 10.5 Å². The van der Waals surface area contributed by atoms with E-state index in [2.05, 4.69) is 29.6 Å². The van der Waals surface area contributed by atoms with Crippen LogP contribution >= 0.6 is 0 Å². The summed E-state index contributed by atoms with van der Waals surface area (Å²) in [6.45, 7) is 2.12. The molecule has 0 aliphatic rings. The number of ether oxygens (including phenoxy) is 1. The molecule has 0 fully saturated rings. The first-order chi connectivity index (χ1) is 9.34. The lowest BCUT2D eigenvalue weighted by atomic mass is 10.1. The zero-order chi connectivity index (χ0) is 13.3. The predicted octanol–water partition coefficient (Wildman–Crippen LogP) is 2.58. The van der Waals surface area contributed by atoms with Gasteiger partial charge in [0.15, 0.2) is 0 Å². The molecule has 0 heterocycles. The third-order valence-corrected chi connectivity index (χ3v) is 2.89. The molecule has 0 radical (unpaired) electrons. The Morgan fingerprint density at radius 3 is 2.37 bits per heavy atom. The zero-order valence-electron chi connectivity index (χ0n) is 11.0. The van der Waals surface area contributed by atoms with Gasteiger partial charge in [-0.25, -0.2) is 0 Å². The van der Waals surface area contributed by atoms with E-state index >= 15 is 0 Å². The predicted molar refractivity (Wildman–Crippen MR) is 78.7 cm³/mol. The second kappa shape index (κ2) is 7.56. The van der Waals surface area contributed by atoms with Crippen molar-refractivity contribution in [2.45, 2.75) is 13.0 Å². The average Bonchev–Trinajstić information content (AvgIpc) is 2.46. The summed E-state index contributed by atoms with van der Waals surface area (Å²) in [7, 11) is 0. The molecule has 0 unspecified atom stereocenters. The number of anilines is 1. The highest BCUT2D eigenvalue weighted by Crippen LogP contribution is 2.05. The van der Waals surface area contributed by atoms with Crippen molar-refractivity contribution < 1.29 is 4.74 Å². The molecule has 0 amide bonds. The first-order valence-corrected chi connectivity index (χ1v) is 6.51.